The van der Waals surface area contributed by atoms with E-state index in [1.165, 1.54) is 12.1 Å². The Morgan fingerprint density at radius 1 is 1.24 bits per heavy atom. The molecule has 1 aromatic heterocycles. The molecular weight excluding hydrogens is 384 g/mol. The van der Waals surface area contributed by atoms with E-state index in [0.29, 0.717) is 11.4 Å². The van der Waals surface area contributed by atoms with Crippen molar-refractivity contribution in [2.24, 2.45) is 0 Å². The van der Waals surface area contributed by atoms with Gasteiger partial charge in [-0.3, -0.25) is 0 Å². The number of rotatable bonds is 5. The number of aromatic nitrogens is 2. The van der Waals surface area contributed by atoms with Crippen molar-refractivity contribution >= 4 is 28.4 Å². The van der Waals surface area contributed by atoms with Crippen LogP contribution in [0.25, 0.3) is 11.4 Å². The van der Waals surface area contributed by atoms with Crippen LogP contribution in [0.1, 0.15) is 26.0 Å². The molecule has 0 aliphatic heterocycles. The molecule has 21 heavy (non-hydrogen) atoms. The van der Waals surface area contributed by atoms with Gasteiger partial charge in [0.25, 0.3) is 0 Å². The van der Waals surface area contributed by atoms with E-state index in [-0.39, 0.29) is 5.75 Å². The van der Waals surface area contributed by atoms with Gasteiger partial charge in [-0.05, 0) is 47.6 Å². The number of benzene rings is 1. The molecule has 0 spiro atoms. The third kappa shape index (κ3) is 3.81. The zero-order chi connectivity index (χ0) is 15.4. The molecule has 1 heterocycles. The molecular formula is C15H17FIN3O. The van der Waals surface area contributed by atoms with E-state index in [2.05, 4.69) is 44.8 Å². The zero-order valence-electron chi connectivity index (χ0n) is 12.0. The quantitative estimate of drug-likeness (QED) is 0.745. The Morgan fingerprint density at radius 3 is 2.62 bits per heavy atom. The zero-order valence-corrected chi connectivity index (χ0v) is 14.1. The van der Waals surface area contributed by atoms with E-state index in [4.69, 9.17) is 0 Å². The van der Waals surface area contributed by atoms with Gasteiger partial charge in [-0.15, -0.1) is 0 Å². The number of phenols is 1. The van der Waals surface area contributed by atoms with Crippen molar-refractivity contribution < 1.29 is 9.50 Å². The Balaban J connectivity index is 2.52. The van der Waals surface area contributed by atoms with Crippen LogP contribution in [-0.2, 0) is 6.42 Å². The molecule has 4 nitrogen and oxygen atoms in total. The van der Waals surface area contributed by atoms with Crippen LogP contribution in [0.3, 0.4) is 0 Å². The summed E-state index contributed by atoms with van der Waals surface area (Å²) in [5.41, 5.74) is 1.38. The van der Waals surface area contributed by atoms with Crippen molar-refractivity contribution in [1.29, 1.82) is 0 Å². The first-order valence-electron chi connectivity index (χ1n) is 6.85. The van der Waals surface area contributed by atoms with E-state index < -0.39 is 5.82 Å². The highest BCUT2D eigenvalue weighted by Crippen LogP contribution is 2.27. The third-order valence-corrected chi connectivity index (χ3v) is 4.07. The van der Waals surface area contributed by atoms with Gasteiger partial charge in [-0.1, -0.05) is 13.8 Å². The predicted octanol–water partition coefficient (Wildman–Crippen LogP) is 3.98. The van der Waals surface area contributed by atoms with E-state index in [1.807, 2.05) is 6.92 Å². The fourth-order valence-electron chi connectivity index (χ4n) is 1.92. The maximum absolute atomic E-state index is 13.4. The molecule has 0 unspecified atom stereocenters. The summed E-state index contributed by atoms with van der Waals surface area (Å²) >= 11 is 2.22. The summed E-state index contributed by atoms with van der Waals surface area (Å²) in [6.07, 6.45) is 1.74. The van der Waals surface area contributed by atoms with Crippen LogP contribution in [-0.4, -0.2) is 21.6 Å². The molecule has 0 radical (unpaired) electrons. The van der Waals surface area contributed by atoms with Gasteiger partial charge in [0.05, 0.1) is 9.26 Å². The maximum Gasteiger partial charge on any atom is 0.162 e. The smallest absolute Gasteiger partial charge is 0.162 e. The van der Waals surface area contributed by atoms with Gasteiger partial charge in [0.1, 0.15) is 17.4 Å². The summed E-state index contributed by atoms with van der Waals surface area (Å²) in [6, 6.07) is 3.85. The Morgan fingerprint density at radius 2 is 2.00 bits per heavy atom. The number of aromatic hydroxyl groups is 1. The second kappa shape index (κ2) is 7.02. The fraction of sp³-hybridized carbons (Fsp3) is 0.333. The molecule has 0 atom stereocenters. The van der Waals surface area contributed by atoms with E-state index in [1.54, 1.807) is 0 Å². The van der Waals surface area contributed by atoms with E-state index >= 15 is 0 Å². The molecule has 0 saturated carbocycles. The number of phenolic OH excluding ortho intramolecular Hbond substituents is 1. The minimum atomic E-state index is -0.506. The van der Waals surface area contributed by atoms with Crippen molar-refractivity contribution in [3.63, 3.8) is 0 Å². The van der Waals surface area contributed by atoms with Crippen molar-refractivity contribution in [1.82, 2.24) is 9.97 Å². The molecule has 0 aliphatic rings. The van der Waals surface area contributed by atoms with Gasteiger partial charge >= 0.3 is 0 Å². The molecule has 112 valence electrons. The standard InChI is InChI=1S/C15H17FIN3O/c1-3-5-18-15-13(17)12(4-2)19-14(20-15)9-6-10(16)8-11(21)7-9/h6-8,21H,3-5H2,1-2H3,(H,18,19,20). The number of hydrogen-bond donors (Lipinski definition) is 2. The largest absolute Gasteiger partial charge is 0.508 e. The summed E-state index contributed by atoms with van der Waals surface area (Å²) in [4.78, 5) is 8.94. The minimum Gasteiger partial charge on any atom is -0.508 e. The Bertz CT molecular complexity index is 629. The number of anilines is 1. The van der Waals surface area contributed by atoms with Crippen molar-refractivity contribution in [3.8, 4) is 17.1 Å². The highest BCUT2D eigenvalue weighted by atomic mass is 127. The summed E-state index contributed by atoms with van der Waals surface area (Å²) in [5.74, 6) is 0.533. The Kier molecular flexibility index (Phi) is 5.33. The third-order valence-electron chi connectivity index (χ3n) is 2.94. The molecule has 0 aliphatic carbocycles. The second-order valence-corrected chi connectivity index (χ2v) is 5.71. The highest BCUT2D eigenvalue weighted by molar-refractivity contribution is 14.1. The summed E-state index contributed by atoms with van der Waals surface area (Å²) in [6.45, 7) is 4.90. The van der Waals surface area contributed by atoms with Crippen molar-refractivity contribution in [2.75, 3.05) is 11.9 Å². The van der Waals surface area contributed by atoms with Crippen LogP contribution in [0, 0.1) is 9.39 Å². The first-order chi connectivity index (χ1) is 10.0. The van der Waals surface area contributed by atoms with Crippen LogP contribution in [0.4, 0.5) is 10.2 Å². The van der Waals surface area contributed by atoms with Gasteiger partial charge in [0.15, 0.2) is 5.82 Å². The van der Waals surface area contributed by atoms with Crippen LogP contribution in [0.15, 0.2) is 18.2 Å². The lowest BCUT2D eigenvalue weighted by Gasteiger charge is -2.12. The first kappa shape index (κ1) is 15.9. The molecule has 2 aromatic rings. The van der Waals surface area contributed by atoms with Crippen LogP contribution in [0.2, 0.25) is 0 Å². The van der Waals surface area contributed by atoms with Crippen molar-refractivity contribution in [2.45, 2.75) is 26.7 Å². The van der Waals surface area contributed by atoms with Crippen molar-refractivity contribution in [3.05, 3.63) is 33.3 Å². The molecule has 0 fully saturated rings. The SMILES string of the molecule is CCCNc1nc(-c2cc(O)cc(F)c2)nc(CC)c1I. The normalized spacial score (nSPS) is 10.7. The summed E-state index contributed by atoms with van der Waals surface area (Å²) < 4.78 is 14.4. The Hall–Kier alpha value is -1.44. The first-order valence-corrected chi connectivity index (χ1v) is 7.93. The molecule has 2 N–H and O–H groups in total. The van der Waals surface area contributed by atoms with Gasteiger partial charge in [0, 0.05) is 18.2 Å². The van der Waals surface area contributed by atoms with E-state index in [0.717, 1.165) is 40.5 Å². The molecule has 0 saturated heterocycles. The Labute approximate surface area is 137 Å². The maximum atomic E-state index is 13.4. The molecule has 0 amide bonds. The lowest BCUT2D eigenvalue weighted by atomic mass is 10.2. The predicted molar refractivity (Wildman–Crippen MR) is 90.0 cm³/mol. The molecule has 1 aromatic carbocycles. The average molecular weight is 401 g/mol. The second-order valence-electron chi connectivity index (χ2n) is 4.63. The number of hydrogen-bond acceptors (Lipinski definition) is 4. The topological polar surface area (TPSA) is 58.0 Å². The van der Waals surface area contributed by atoms with Gasteiger partial charge in [0.2, 0.25) is 0 Å². The monoisotopic (exact) mass is 401 g/mol. The molecule has 0 bridgehead atoms. The highest BCUT2D eigenvalue weighted by Gasteiger charge is 2.13. The number of aryl methyl sites for hydroxylation is 1. The number of nitrogens with zero attached hydrogens (tertiary/aromatic N) is 2. The summed E-state index contributed by atoms with van der Waals surface area (Å²) in [7, 11) is 0. The molecule has 6 heteroatoms. The lowest BCUT2D eigenvalue weighted by molar-refractivity contribution is 0.469. The van der Waals surface area contributed by atoms with Gasteiger partial charge < -0.3 is 10.4 Å². The lowest BCUT2D eigenvalue weighted by Crippen LogP contribution is -2.09. The molecule has 2 rings (SSSR count). The van der Waals surface area contributed by atoms with Crippen LogP contribution in [0.5, 0.6) is 5.75 Å². The van der Waals surface area contributed by atoms with Gasteiger partial charge in [-0.2, -0.15) is 0 Å². The van der Waals surface area contributed by atoms with E-state index in [9.17, 15) is 9.50 Å². The summed E-state index contributed by atoms with van der Waals surface area (Å²) in [5, 5.41) is 12.8. The van der Waals surface area contributed by atoms with Crippen LogP contribution < -0.4 is 5.32 Å². The van der Waals surface area contributed by atoms with Gasteiger partial charge in [-0.25, -0.2) is 14.4 Å². The number of nitrogens with one attached hydrogen (secondary N) is 1. The van der Waals surface area contributed by atoms with Crippen LogP contribution >= 0.6 is 22.6 Å². The number of halogens is 2. The minimum absolute atomic E-state index is 0.131. The average Bonchev–Trinajstić information content (AvgIpc) is 2.45. The fourth-order valence-corrected chi connectivity index (χ4v) is 2.73.